The minimum atomic E-state index is -0.444. The van der Waals surface area contributed by atoms with E-state index in [0.29, 0.717) is 11.7 Å². The summed E-state index contributed by atoms with van der Waals surface area (Å²) in [5.74, 6) is 0.0535. The Bertz CT molecular complexity index is 470. The van der Waals surface area contributed by atoms with Crippen molar-refractivity contribution in [3.05, 3.63) is 29.6 Å². The Hall–Kier alpha value is -1.33. The lowest BCUT2D eigenvalue weighted by Crippen LogP contribution is -2.50. The number of ether oxygens (including phenoxy) is 1. The molecule has 4 nitrogen and oxygen atoms in total. The second kappa shape index (κ2) is 7.45. The van der Waals surface area contributed by atoms with Crippen molar-refractivity contribution in [3.63, 3.8) is 0 Å². The smallest absolute Gasteiger partial charge is 0.255 e. The lowest BCUT2D eigenvalue weighted by atomic mass is 9.94. The molecule has 1 fully saturated rings. The summed E-state index contributed by atoms with van der Waals surface area (Å²) < 4.78 is 18.3. The number of benzene rings is 1. The average Bonchev–Trinajstić information content (AvgIpc) is 2.41. The summed E-state index contributed by atoms with van der Waals surface area (Å²) in [7, 11) is 1.47. The van der Waals surface area contributed by atoms with Gasteiger partial charge in [-0.15, -0.1) is 12.4 Å². The number of rotatable bonds is 3. The summed E-state index contributed by atoms with van der Waals surface area (Å²) >= 11 is 0. The molecule has 0 aliphatic carbocycles. The van der Waals surface area contributed by atoms with Gasteiger partial charge in [0.15, 0.2) is 0 Å². The van der Waals surface area contributed by atoms with Crippen LogP contribution in [0.2, 0.25) is 0 Å². The van der Waals surface area contributed by atoms with Crippen LogP contribution in [0, 0.1) is 11.7 Å². The SMILES string of the molecule is COc1ccc(F)cc1C(=O)NC1CNCCC1C.Cl. The first kappa shape index (κ1) is 16.7. The Morgan fingerprint density at radius 1 is 1.50 bits per heavy atom. The summed E-state index contributed by atoms with van der Waals surface area (Å²) in [6.45, 7) is 3.82. The molecule has 0 radical (unpaired) electrons. The quantitative estimate of drug-likeness (QED) is 0.898. The standard InChI is InChI=1S/C14H19FN2O2.ClH/c1-9-5-6-16-8-12(9)17-14(18)11-7-10(15)3-4-13(11)19-2;/h3-4,7,9,12,16H,5-6,8H2,1-2H3,(H,17,18);1H. The second-order valence-electron chi connectivity index (χ2n) is 4.89. The van der Waals surface area contributed by atoms with Gasteiger partial charge in [-0.2, -0.15) is 0 Å². The summed E-state index contributed by atoms with van der Waals surface area (Å²) in [4.78, 5) is 12.2. The maximum absolute atomic E-state index is 13.3. The molecule has 0 saturated carbocycles. The van der Waals surface area contributed by atoms with E-state index in [4.69, 9.17) is 4.74 Å². The molecule has 2 unspecified atom stereocenters. The molecule has 6 heteroatoms. The van der Waals surface area contributed by atoms with Crippen molar-refractivity contribution in [2.75, 3.05) is 20.2 Å². The third kappa shape index (κ3) is 3.84. The minimum absolute atomic E-state index is 0. The molecule has 1 saturated heterocycles. The average molecular weight is 303 g/mol. The van der Waals surface area contributed by atoms with Crippen molar-refractivity contribution in [1.29, 1.82) is 0 Å². The van der Waals surface area contributed by atoms with Crippen LogP contribution in [0.15, 0.2) is 18.2 Å². The topological polar surface area (TPSA) is 50.4 Å². The lowest BCUT2D eigenvalue weighted by molar-refractivity contribution is 0.0911. The Morgan fingerprint density at radius 3 is 2.90 bits per heavy atom. The zero-order chi connectivity index (χ0) is 13.8. The molecule has 1 aliphatic rings. The van der Waals surface area contributed by atoms with E-state index in [1.54, 1.807) is 0 Å². The molecular weight excluding hydrogens is 283 g/mol. The van der Waals surface area contributed by atoms with Crippen LogP contribution in [0.4, 0.5) is 4.39 Å². The van der Waals surface area contributed by atoms with Crippen LogP contribution in [0.5, 0.6) is 5.75 Å². The van der Waals surface area contributed by atoms with Crippen molar-refractivity contribution in [2.24, 2.45) is 5.92 Å². The molecule has 20 heavy (non-hydrogen) atoms. The van der Waals surface area contributed by atoms with Gasteiger partial charge in [0.2, 0.25) is 0 Å². The van der Waals surface area contributed by atoms with Crippen LogP contribution in [0.3, 0.4) is 0 Å². The molecule has 1 amide bonds. The van der Waals surface area contributed by atoms with Crippen molar-refractivity contribution >= 4 is 18.3 Å². The molecule has 1 aliphatic heterocycles. The van der Waals surface area contributed by atoms with Crippen LogP contribution < -0.4 is 15.4 Å². The van der Waals surface area contributed by atoms with Gasteiger partial charge in [-0.1, -0.05) is 6.92 Å². The molecule has 1 aromatic carbocycles. The van der Waals surface area contributed by atoms with Crippen molar-refractivity contribution in [3.8, 4) is 5.75 Å². The van der Waals surface area contributed by atoms with E-state index in [1.165, 1.54) is 25.3 Å². The number of methoxy groups -OCH3 is 1. The highest BCUT2D eigenvalue weighted by Crippen LogP contribution is 2.20. The van der Waals surface area contributed by atoms with E-state index >= 15 is 0 Å². The van der Waals surface area contributed by atoms with E-state index in [-0.39, 0.29) is 29.9 Å². The molecule has 0 bridgehead atoms. The van der Waals surface area contributed by atoms with Crippen molar-refractivity contribution < 1.29 is 13.9 Å². The van der Waals surface area contributed by atoms with Gasteiger partial charge in [-0.3, -0.25) is 4.79 Å². The van der Waals surface area contributed by atoms with Gasteiger partial charge in [-0.05, 0) is 37.1 Å². The first-order valence-corrected chi connectivity index (χ1v) is 6.47. The van der Waals surface area contributed by atoms with Crippen LogP contribution in [0.25, 0.3) is 0 Å². The third-order valence-corrected chi connectivity index (χ3v) is 3.55. The predicted octanol–water partition coefficient (Wildman–Crippen LogP) is 1.98. The highest BCUT2D eigenvalue weighted by atomic mass is 35.5. The highest BCUT2D eigenvalue weighted by molar-refractivity contribution is 5.97. The molecule has 0 spiro atoms. The first-order chi connectivity index (χ1) is 9.11. The van der Waals surface area contributed by atoms with Crippen LogP contribution in [-0.2, 0) is 0 Å². The van der Waals surface area contributed by atoms with Crippen LogP contribution in [-0.4, -0.2) is 32.1 Å². The summed E-state index contributed by atoms with van der Waals surface area (Å²) in [5.41, 5.74) is 0.236. The third-order valence-electron chi connectivity index (χ3n) is 3.55. The number of carbonyl (C=O) groups is 1. The van der Waals surface area contributed by atoms with Gasteiger partial charge >= 0.3 is 0 Å². The maximum atomic E-state index is 13.3. The fourth-order valence-electron chi connectivity index (χ4n) is 2.29. The van der Waals surface area contributed by atoms with E-state index in [2.05, 4.69) is 17.6 Å². The zero-order valence-corrected chi connectivity index (χ0v) is 12.4. The monoisotopic (exact) mass is 302 g/mol. The van der Waals surface area contributed by atoms with Crippen molar-refractivity contribution in [2.45, 2.75) is 19.4 Å². The number of hydrogen-bond donors (Lipinski definition) is 2. The van der Waals surface area contributed by atoms with E-state index in [9.17, 15) is 9.18 Å². The van der Waals surface area contributed by atoms with Crippen LogP contribution >= 0.6 is 12.4 Å². The molecule has 2 atom stereocenters. The maximum Gasteiger partial charge on any atom is 0.255 e. The molecule has 112 valence electrons. The Labute approximate surface area is 124 Å². The largest absolute Gasteiger partial charge is 0.496 e. The number of carbonyl (C=O) groups excluding carboxylic acids is 1. The van der Waals surface area contributed by atoms with Gasteiger partial charge in [0.25, 0.3) is 5.91 Å². The van der Waals surface area contributed by atoms with Gasteiger partial charge in [0.05, 0.1) is 12.7 Å². The van der Waals surface area contributed by atoms with E-state index in [0.717, 1.165) is 19.5 Å². The number of piperidine rings is 1. The number of hydrogen-bond acceptors (Lipinski definition) is 3. The number of amides is 1. The summed E-state index contributed by atoms with van der Waals surface area (Å²) in [5, 5.41) is 6.18. The fraction of sp³-hybridized carbons (Fsp3) is 0.500. The van der Waals surface area contributed by atoms with Crippen molar-refractivity contribution in [1.82, 2.24) is 10.6 Å². The Kier molecular flexibility index (Phi) is 6.23. The van der Waals surface area contributed by atoms with Gasteiger partial charge < -0.3 is 15.4 Å². The lowest BCUT2D eigenvalue weighted by Gasteiger charge is -2.30. The highest BCUT2D eigenvalue weighted by Gasteiger charge is 2.24. The Morgan fingerprint density at radius 2 is 2.25 bits per heavy atom. The van der Waals surface area contributed by atoms with Gasteiger partial charge in [-0.25, -0.2) is 4.39 Å². The Balaban J connectivity index is 0.00000200. The van der Waals surface area contributed by atoms with Gasteiger partial charge in [0.1, 0.15) is 11.6 Å². The summed E-state index contributed by atoms with van der Waals surface area (Å²) in [6, 6.07) is 4.01. The minimum Gasteiger partial charge on any atom is -0.496 e. The fourth-order valence-corrected chi connectivity index (χ4v) is 2.29. The predicted molar refractivity (Wildman–Crippen MR) is 78.1 cm³/mol. The molecule has 2 N–H and O–H groups in total. The number of nitrogens with one attached hydrogen (secondary N) is 2. The summed E-state index contributed by atoms with van der Waals surface area (Å²) in [6.07, 6.45) is 1.02. The van der Waals surface area contributed by atoms with E-state index in [1.807, 2.05) is 0 Å². The molecule has 1 aromatic rings. The molecule has 0 aromatic heterocycles. The van der Waals surface area contributed by atoms with Gasteiger partial charge in [0, 0.05) is 12.6 Å². The number of halogens is 2. The molecule has 2 rings (SSSR count). The molecule has 1 heterocycles. The van der Waals surface area contributed by atoms with E-state index < -0.39 is 5.82 Å². The first-order valence-electron chi connectivity index (χ1n) is 6.47. The second-order valence-corrected chi connectivity index (χ2v) is 4.89. The van der Waals surface area contributed by atoms with Crippen LogP contribution in [0.1, 0.15) is 23.7 Å². The zero-order valence-electron chi connectivity index (χ0n) is 11.6. The normalized spacial score (nSPS) is 21.8. The molecular formula is C14H20ClFN2O2.